The minimum atomic E-state index is -0.251. The average Bonchev–Trinajstić information content (AvgIpc) is 3.53. The molecule has 3 aromatic rings. The maximum Gasteiger partial charge on any atom is 0.206 e. The van der Waals surface area contributed by atoms with E-state index in [1.807, 2.05) is 24.0 Å². The molecular weight excluding hydrogens is 401 g/mol. The van der Waals surface area contributed by atoms with Crippen LogP contribution in [-0.4, -0.2) is 50.0 Å². The maximum absolute atomic E-state index is 14.5. The highest BCUT2D eigenvalue weighted by Gasteiger charge is 2.31. The van der Waals surface area contributed by atoms with E-state index in [1.165, 1.54) is 6.07 Å². The molecule has 0 aliphatic carbocycles. The molecule has 0 spiro atoms. The second kappa shape index (κ2) is 6.76. The van der Waals surface area contributed by atoms with Gasteiger partial charge < -0.3 is 10.1 Å². The Bertz CT molecular complexity index is 1310. The number of aryl methyl sites for hydroxylation is 1. The zero-order chi connectivity index (χ0) is 20.9. The first-order chi connectivity index (χ1) is 15.2. The molecule has 2 N–H and O–H groups in total. The number of pyridine rings is 1. The molecule has 0 bridgehead atoms. The van der Waals surface area contributed by atoms with E-state index in [9.17, 15) is 4.39 Å². The summed E-state index contributed by atoms with van der Waals surface area (Å²) in [6.45, 7) is 3.26. The molecule has 5 heterocycles. The highest BCUT2D eigenvalue weighted by atomic mass is 19.1. The van der Waals surface area contributed by atoms with Crippen molar-refractivity contribution in [2.75, 3.05) is 13.3 Å². The first-order valence-corrected chi connectivity index (χ1v) is 9.92. The minimum Gasteiger partial charge on any atom is -0.493 e. The Morgan fingerprint density at radius 1 is 1.26 bits per heavy atom. The molecular formula is C20H18FN9O. The lowest BCUT2D eigenvalue weighted by atomic mass is 10.0. The first-order valence-electron chi connectivity index (χ1n) is 9.92. The van der Waals surface area contributed by atoms with E-state index in [1.54, 1.807) is 16.8 Å². The number of fused-ring (bicyclic) bond motifs is 3. The average molecular weight is 419 g/mol. The Morgan fingerprint density at radius 2 is 2.19 bits per heavy atom. The number of hydrazone groups is 1. The summed E-state index contributed by atoms with van der Waals surface area (Å²) in [6.07, 6.45) is 2.44. The minimum absolute atomic E-state index is 0.251. The Kier molecular flexibility index (Phi) is 3.88. The SMILES string of the molecule is Cc1ccc(C2=CN=C(NCc3c(F)ccc4c3CCO4)N3CNN=C23)c2nnnn12. The fraction of sp³-hybridized carbons (Fsp3) is 0.250. The molecule has 3 aliphatic rings. The summed E-state index contributed by atoms with van der Waals surface area (Å²) >= 11 is 0. The number of hydrogen-bond donors (Lipinski definition) is 2. The molecule has 2 aromatic heterocycles. The number of nitrogens with one attached hydrogen (secondary N) is 2. The second-order valence-corrected chi connectivity index (χ2v) is 7.43. The van der Waals surface area contributed by atoms with Gasteiger partial charge in [-0.1, -0.05) is 0 Å². The van der Waals surface area contributed by atoms with Crippen molar-refractivity contribution in [1.29, 1.82) is 0 Å². The van der Waals surface area contributed by atoms with Crippen LogP contribution in [0.15, 0.2) is 40.6 Å². The standard InChI is InChI=1S/C20H18FN9O/c1-11-2-3-13(19-26-27-28-30(11)19)15-9-23-20(29-10-24-25-18(15)29)22-8-14-12-6-7-31-17(12)5-4-16(14)21/h2-5,9,24H,6-8,10H2,1H3,(H,22,23). The van der Waals surface area contributed by atoms with Crippen LogP contribution in [0.3, 0.4) is 0 Å². The number of aliphatic imine (C=N–C) groups is 1. The van der Waals surface area contributed by atoms with Crippen molar-refractivity contribution in [2.45, 2.75) is 19.9 Å². The van der Waals surface area contributed by atoms with Gasteiger partial charge in [-0.05, 0) is 41.6 Å². The van der Waals surface area contributed by atoms with Gasteiger partial charge in [-0.15, -0.1) is 5.10 Å². The maximum atomic E-state index is 14.5. The van der Waals surface area contributed by atoms with Gasteiger partial charge in [-0.25, -0.2) is 9.38 Å². The molecule has 0 unspecified atom stereocenters. The number of tetrazole rings is 1. The highest BCUT2D eigenvalue weighted by molar-refractivity contribution is 6.29. The summed E-state index contributed by atoms with van der Waals surface area (Å²) in [5, 5.41) is 19.7. The van der Waals surface area contributed by atoms with Crippen LogP contribution < -0.4 is 15.5 Å². The summed E-state index contributed by atoms with van der Waals surface area (Å²) in [6, 6.07) is 7.04. The summed E-state index contributed by atoms with van der Waals surface area (Å²) in [5.41, 5.74) is 7.71. The third-order valence-electron chi connectivity index (χ3n) is 5.67. The van der Waals surface area contributed by atoms with Gasteiger partial charge in [0.2, 0.25) is 5.96 Å². The number of halogens is 1. The summed E-state index contributed by atoms with van der Waals surface area (Å²) in [4.78, 5) is 6.51. The monoisotopic (exact) mass is 419 g/mol. The zero-order valence-electron chi connectivity index (χ0n) is 16.6. The van der Waals surface area contributed by atoms with E-state index in [-0.39, 0.29) is 5.82 Å². The smallest absolute Gasteiger partial charge is 0.206 e. The number of hydrogen-bond acceptors (Lipinski definition) is 9. The van der Waals surface area contributed by atoms with Crippen LogP contribution in [0.25, 0.3) is 11.2 Å². The largest absolute Gasteiger partial charge is 0.493 e. The molecule has 6 rings (SSSR count). The van der Waals surface area contributed by atoms with E-state index in [2.05, 4.69) is 36.4 Å². The van der Waals surface area contributed by atoms with Gasteiger partial charge in [0.1, 0.15) is 18.2 Å². The topological polar surface area (TPSA) is 104 Å². The van der Waals surface area contributed by atoms with Crippen LogP contribution in [-0.2, 0) is 13.0 Å². The van der Waals surface area contributed by atoms with Crippen molar-refractivity contribution in [1.82, 2.24) is 35.7 Å². The lowest BCUT2D eigenvalue weighted by molar-refractivity contribution is 0.356. The Hall–Kier alpha value is -4.02. The molecule has 0 atom stereocenters. The number of nitrogens with zero attached hydrogens (tertiary/aromatic N) is 7. The van der Waals surface area contributed by atoms with Crippen molar-refractivity contribution in [3.63, 3.8) is 0 Å². The molecule has 0 saturated heterocycles. The highest BCUT2D eigenvalue weighted by Crippen LogP contribution is 2.31. The molecule has 0 fully saturated rings. The van der Waals surface area contributed by atoms with Crippen molar-refractivity contribution >= 4 is 23.0 Å². The zero-order valence-corrected chi connectivity index (χ0v) is 16.6. The fourth-order valence-electron chi connectivity index (χ4n) is 4.11. The van der Waals surface area contributed by atoms with Gasteiger partial charge in [-0.2, -0.15) is 9.62 Å². The van der Waals surface area contributed by atoms with Crippen LogP contribution in [0.5, 0.6) is 5.75 Å². The summed E-state index contributed by atoms with van der Waals surface area (Å²) in [5.74, 6) is 1.79. The third-order valence-corrected chi connectivity index (χ3v) is 5.67. The molecule has 0 saturated carbocycles. The number of ether oxygens (including phenoxy) is 1. The second-order valence-electron chi connectivity index (χ2n) is 7.43. The van der Waals surface area contributed by atoms with Gasteiger partial charge in [0.15, 0.2) is 11.5 Å². The van der Waals surface area contributed by atoms with Gasteiger partial charge >= 0.3 is 0 Å². The molecule has 0 amide bonds. The normalized spacial score (nSPS) is 16.8. The molecule has 10 nitrogen and oxygen atoms in total. The van der Waals surface area contributed by atoms with Crippen LogP contribution in [0.1, 0.15) is 22.4 Å². The number of amidine groups is 1. The van der Waals surface area contributed by atoms with Gasteiger partial charge in [-0.3, -0.25) is 10.3 Å². The molecule has 1 aromatic carbocycles. The van der Waals surface area contributed by atoms with Crippen molar-refractivity contribution in [2.24, 2.45) is 10.1 Å². The molecule has 3 aliphatic heterocycles. The van der Waals surface area contributed by atoms with E-state index in [4.69, 9.17) is 4.74 Å². The van der Waals surface area contributed by atoms with Crippen molar-refractivity contribution in [3.8, 4) is 5.75 Å². The lowest BCUT2D eigenvalue weighted by Crippen LogP contribution is -2.45. The quantitative estimate of drug-likeness (QED) is 0.657. The van der Waals surface area contributed by atoms with Crippen LogP contribution >= 0.6 is 0 Å². The Balaban J connectivity index is 1.34. The van der Waals surface area contributed by atoms with E-state index < -0.39 is 0 Å². The molecule has 31 heavy (non-hydrogen) atoms. The summed E-state index contributed by atoms with van der Waals surface area (Å²) in [7, 11) is 0. The molecule has 156 valence electrons. The van der Waals surface area contributed by atoms with Crippen molar-refractivity contribution in [3.05, 3.63) is 58.7 Å². The lowest BCUT2D eigenvalue weighted by Gasteiger charge is -2.26. The Morgan fingerprint density at radius 3 is 3.13 bits per heavy atom. The number of guanidine groups is 1. The van der Waals surface area contributed by atoms with E-state index >= 15 is 0 Å². The first kappa shape index (κ1) is 17.8. The van der Waals surface area contributed by atoms with E-state index in [0.29, 0.717) is 49.2 Å². The predicted octanol–water partition coefficient (Wildman–Crippen LogP) is 1.18. The van der Waals surface area contributed by atoms with Gasteiger partial charge in [0.25, 0.3) is 0 Å². The third kappa shape index (κ3) is 2.73. The number of rotatable bonds is 3. The van der Waals surface area contributed by atoms with E-state index in [0.717, 1.165) is 28.1 Å². The number of benzene rings is 1. The number of aromatic nitrogens is 4. The van der Waals surface area contributed by atoms with Gasteiger partial charge in [0.05, 0.1) is 6.61 Å². The van der Waals surface area contributed by atoms with Gasteiger partial charge in [0, 0.05) is 47.1 Å². The van der Waals surface area contributed by atoms with Crippen LogP contribution in [0.2, 0.25) is 0 Å². The van der Waals surface area contributed by atoms with Crippen molar-refractivity contribution < 1.29 is 9.13 Å². The molecule has 11 heteroatoms. The summed E-state index contributed by atoms with van der Waals surface area (Å²) < 4.78 is 21.7. The fourth-order valence-corrected chi connectivity index (χ4v) is 4.11. The molecule has 0 radical (unpaired) electrons. The Labute approximate surface area is 176 Å². The predicted molar refractivity (Wildman–Crippen MR) is 111 cm³/mol. The van der Waals surface area contributed by atoms with Crippen LogP contribution in [0, 0.1) is 12.7 Å². The van der Waals surface area contributed by atoms with Crippen LogP contribution in [0.4, 0.5) is 4.39 Å².